The third-order valence-electron chi connectivity index (χ3n) is 6.85. The number of alkyl halides is 8. The number of hydrogen-bond donors (Lipinski definition) is 2. The van der Waals surface area contributed by atoms with Crippen LogP contribution in [0.5, 0.6) is 0 Å². The summed E-state index contributed by atoms with van der Waals surface area (Å²) in [6, 6.07) is -0.120. The number of carbonyl (C=O) groups excluding carboxylic acids is 3. The molecule has 1 aliphatic heterocycles. The Hall–Kier alpha value is -3.53. The lowest BCUT2D eigenvalue weighted by Crippen LogP contribution is -2.38. The number of esters is 1. The molecule has 1 unspecified atom stereocenters. The third kappa shape index (κ3) is 14.0. The van der Waals surface area contributed by atoms with E-state index in [2.05, 4.69) is 20.1 Å². The monoisotopic (exact) mass is 659 g/mol. The number of imidazole rings is 1. The first kappa shape index (κ1) is 37.7. The minimum absolute atomic E-state index is 0.118. The van der Waals surface area contributed by atoms with Crippen LogP contribution in [-0.2, 0) is 32.1 Å². The number of ether oxygens (including phenoxy) is 1. The number of aromatic nitrogens is 3. The molecular formula is C28H37F8N5O4. The fourth-order valence-electron chi connectivity index (χ4n) is 4.41. The highest BCUT2D eigenvalue weighted by molar-refractivity contribution is 5.81. The fraction of sp³-hybridized carbons (Fsp3) is 0.679. The maximum Gasteiger partial charge on any atom is 0.408 e. The van der Waals surface area contributed by atoms with E-state index in [1.54, 1.807) is 19.2 Å². The molecule has 2 aromatic heterocycles. The maximum absolute atomic E-state index is 12.7. The van der Waals surface area contributed by atoms with Crippen molar-refractivity contribution in [2.75, 3.05) is 6.61 Å². The van der Waals surface area contributed by atoms with Crippen molar-refractivity contribution in [2.24, 2.45) is 11.8 Å². The predicted octanol–water partition coefficient (Wildman–Crippen LogP) is 5.70. The Morgan fingerprint density at radius 1 is 1.13 bits per heavy atom. The topological polar surface area (TPSA) is 115 Å². The molecule has 3 aliphatic rings. The molecule has 2 aliphatic carbocycles. The van der Waals surface area contributed by atoms with E-state index >= 15 is 0 Å². The van der Waals surface area contributed by atoms with Gasteiger partial charge in [0.2, 0.25) is 18.2 Å². The lowest BCUT2D eigenvalue weighted by atomic mass is 9.97. The molecule has 254 valence electrons. The zero-order valence-corrected chi connectivity index (χ0v) is 24.8. The van der Waals surface area contributed by atoms with E-state index in [4.69, 9.17) is 0 Å². The van der Waals surface area contributed by atoms with Crippen molar-refractivity contribution in [3.63, 3.8) is 0 Å². The molecule has 45 heavy (non-hydrogen) atoms. The van der Waals surface area contributed by atoms with E-state index in [1.165, 1.54) is 17.6 Å². The zero-order valence-electron chi connectivity index (χ0n) is 24.8. The molecule has 2 atom stereocenters. The Balaban J connectivity index is 0.000000271. The van der Waals surface area contributed by atoms with E-state index < -0.39 is 42.1 Å². The highest BCUT2D eigenvalue weighted by Crippen LogP contribution is 2.43. The van der Waals surface area contributed by atoms with Gasteiger partial charge in [-0.3, -0.25) is 14.4 Å². The van der Waals surface area contributed by atoms with E-state index in [-0.39, 0.29) is 38.2 Å². The molecule has 2 saturated carbocycles. The van der Waals surface area contributed by atoms with Gasteiger partial charge in [0.1, 0.15) is 6.04 Å². The number of hydrogen-bond acceptors (Lipinski definition) is 6. The zero-order chi connectivity index (χ0) is 33.8. The number of fused-ring (bicyclic) bond motifs is 1. The van der Waals surface area contributed by atoms with Crippen LogP contribution in [0.25, 0.3) is 5.65 Å². The van der Waals surface area contributed by atoms with Crippen molar-refractivity contribution in [1.29, 1.82) is 0 Å². The van der Waals surface area contributed by atoms with E-state index in [0.717, 1.165) is 6.42 Å². The molecule has 2 amide bonds. The van der Waals surface area contributed by atoms with Crippen LogP contribution < -0.4 is 10.6 Å². The molecule has 5 rings (SSSR count). The molecule has 9 nitrogen and oxygen atoms in total. The second kappa shape index (κ2) is 16.7. The summed E-state index contributed by atoms with van der Waals surface area (Å²) in [5.41, 5.74) is 1.73. The van der Waals surface area contributed by atoms with Crippen molar-refractivity contribution in [2.45, 2.75) is 102 Å². The van der Waals surface area contributed by atoms with Gasteiger partial charge in [0, 0.05) is 25.7 Å². The number of halogens is 8. The van der Waals surface area contributed by atoms with Crippen molar-refractivity contribution < 1.29 is 54.2 Å². The fourth-order valence-corrected chi connectivity index (χ4v) is 4.41. The van der Waals surface area contributed by atoms with Crippen LogP contribution in [-0.4, -0.2) is 63.8 Å². The molecule has 3 fully saturated rings. The molecule has 2 aromatic rings. The summed E-state index contributed by atoms with van der Waals surface area (Å²) in [6.07, 6.45) is -1.39. The van der Waals surface area contributed by atoms with Crippen LogP contribution in [0.4, 0.5) is 35.1 Å². The van der Waals surface area contributed by atoms with Crippen molar-refractivity contribution in [3.8, 4) is 0 Å². The molecule has 1 saturated heterocycles. The molecule has 0 aromatic carbocycles. The third-order valence-corrected chi connectivity index (χ3v) is 6.85. The molecule has 2 N–H and O–H groups in total. The van der Waals surface area contributed by atoms with Gasteiger partial charge in [-0.1, -0.05) is 6.42 Å². The Bertz CT molecular complexity index is 1240. The van der Waals surface area contributed by atoms with Crippen LogP contribution >= 0.6 is 0 Å². The standard InChI is InChI=1S/C14H14F3N5O2.C6H10F2.C4H5F3.C4H8O2/c15-14(16,17)11-3-9(13(24)21-11)1-8-2-12-20-10(5-18-7-23)6-22(12)19-4-8;7-6(8)4-2-1-3-5-6;5-4(6,7)3-1-2-3;1-3-6-4(2)5/h2,4,6-7,9,11H,1,3,5H2,(H,18,23)(H,21,24);1-5H2;3H,1-2H2;3H2,1-2H3/t9-,11?;;;/m0.../s1. The summed E-state index contributed by atoms with van der Waals surface area (Å²) in [5, 5.41) is 8.59. The van der Waals surface area contributed by atoms with Crippen molar-refractivity contribution >= 4 is 23.9 Å². The smallest absolute Gasteiger partial charge is 0.408 e. The molecule has 3 heterocycles. The molecule has 0 spiro atoms. The van der Waals surface area contributed by atoms with Crippen molar-refractivity contribution in [3.05, 3.63) is 29.7 Å². The summed E-state index contributed by atoms with van der Waals surface area (Å²) in [7, 11) is 0. The van der Waals surface area contributed by atoms with Gasteiger partial charge in [0.05, 0.1) is 37.2 Å². The molecular weight excluding hydrogens is 622 g/mol. The Morgan fingerprint density at radius 2 is 1.78 bits per heavy atom. The molecule has 17 heteroatoms. The number of nitrogens with zero attached hydrogens (tertiary/aromatic N) is 3. The van der Waals surface area contributed by atoms with Gasteiger partial charge in [-0.25, -0.2) is 18.3 Å². The molecule has 0 radical (unpaired) electrons. The lowest BCUT2D eigenvalue weighted by Gasteiger charge is -2.20. The van der Waals surface area contributed by atoms with Gasteiger partial charge >= 0.3 is 18.3 Å². The van der Waals surface area contributed by atoms with E-state index in [0.29, 0.717) is 55.6 Å². The minimum Gasteiger partial charge on any atom is -0.466 e. The molecule has 0 bridgehead atoms. The highest BCUT2D eigenvalue weighted by Gasteiger charge is 2.48. The normalized spacial score (nSPS) is 20.7. The maximum atomic E-state index is 12.7. The average Bonchev–Trinajstić information content (AvgIpc) is 3.63. The summed E-state index contributed by atoms with van der Waals surface area (Å²) in [5.74, 6) is -4.83. The van der Waals surface area contributed by atoms with Crippen LogP contribution in [0.3, 0.4) is 0 Å². The summed E-state index contributed by atoms with van der Waals surface area (Å²) < 4.78 is 102. The number of carbonyl (C=O) groups is 3. The van der Waals surface area contributed by atoms with Gasteiger partial charge < -0.3 is 15.4 Å². The first-order chi connectivity index (χ1) is 20.9. The highest BCUT2D eigenvalue weighted by atomic mass is 19.4. The van der Waals surface area contributed by atoms with Gasteiger partial charge in [-0.15, -0.1) is 0 Å². The second-order valence-corrected chi connectivity index (χ2v) is 10.8. The van der Waals surface area contributed by atoms with Gasteiger partial charge in [-0.05, 0) is 57.1 Å². The van der Waals surface area contributed by atoms with Crippen LogP contribution in [0.15, 0.2) is 18.5 Å². The second-order valence-electron chi connectivity index (χ2n) is 10.8. The summed E-state index contributed by atoms with van der Waals surface area (Å²) in [4.78, 5) is 36.1. The Morgan fingerprint density at radius 3 is 2.18 bits per heavy atom. The van der Waals surface area contributed by atoms with Crippen LogP contribution in [0, 0.1) is 11.8 Å². The van der Waals surface area contributed by atoms with Crippen LogP contribution in [0.1, 0.15) is 76.5 Å². The predicted molar refractivity (Wildman–Crippen MR) is 145 cm³/mol. The number of amides is 2. The van der Waals surface area contributed by atoms with Gasteiger partial charge in [0.25, 0.3) is 0 Å². The van der Waals surface area contributed by atoms with Crippen molar-refractivity contribution in [1.82, 2.24) is 25.2 Å². The Labute approximate surface area is 254 Å². The van der Waals surface area contributed by atoms with E-state index in [9.17, 15) is 49.5 Å². The first-order valence-electron chi connectivity index (χ1n) is 14.4. The quantitative estimate of drug-likeness (QED) is 0.234. The number of rotatable bonds is 6. The van der Waals surface area contributed by atoms with Gasteiger partial charge in [0.15, 0.2) is 5.65 Å². The SMILES string of the molecule is CCOC(C)=O.FC(F)(F)C1CC1.FC1(F)CCCCC1.O=CNCc1cn2ncc(C[C@H]3CC(C(F)(F)F)NC3=O)cc2n1. The number of nitrogens with one attached hydrogen (secondary N) is 2. The minimum atomic E-state index is -4.43. The Kier molecular flexibility index (Phi) is 14.0. The van der Waals surface area contributed by atoms with E-state index in [1.807, 2.05) is 5.32 Å². The van der Waals surface area contributed by atoms with Gasteiger partial charge in [-0.2, -0.15) is 31.4 Å². The first-order valence-corrected chi connectivity index (χ1v) is 14.4. The summed E-state index contributed by atoms with van der Waals surface area (Å²) >= 11 is 0. The lowest BCUT2D eigenvalue weighted by molar-refractivity contribution is -0.155. The largest absolute Gasteiger partial charge is 0.466 e. The average molecular weight is 660 g/mol. The summed E-state index contributed by atoms with van der Waals surface area (Å²) in [6.45, 7) is 3.90. The van der Waals surface area contributed by atoms with Crippen LogP contribution in [0.2, 0.25) is 0 Å².